The van der Waals surface area contributed by atoms with E-state index < -0.39 is 12.1 Å². The second-order valence-electron chi connectivity index (χ2n) is 5.01. The summed E-state index contributed by atoms with van der Waals surface area (Å²) in [4.78, 5) is 26.2. The zero-order chi connectivity index (χ0) is 15.9. The summed E-state index contributed by atoms with van der Waals surface area (Å²) in [5, 5.41) is 6.81. The Morgan fingerprint density at radius 1 is 1.18 bits per heavy atom. The molecule has 0 saturated carbocycles. The van der Waals surface area contributed by atoms with E-state index in [4.69, 9.17) is 0 Å². The summed E-state index contributed by atoms with van der Waals surface area (Å²) in [6, 6.07) is 12.6. The lowest BCUT2D eigenvalue weighted by atomic mass is 10.0. The number of carbonyl (C=O) groups excluding carboxylic acids is 2. The molecule has 1 aromatic heterocycles. The molecule has 5 nitrogen and oxygen atoms in total. The van der Waals surface area contributed by atoms with Crippen LogP contribution in [0.15, 0.2) is 47.8 Å². The number of hydrogen-bond donors (Lipinski definition) is 3. The van der Waals surface area contributed by atoms with Gasteiger partial charge < -0.3 is 10.2 Å². The zero-order valence-electron chi connectivity index (χ0n) is 12.6. The van der Waals surface area contributed by atoms with Gasteiger partial charge in [-0.25, -0.2) is 4.79 Å². The molecule has 1 unspecified atom stereocenters. The van der Waals surface area contributed by atoms with Gasteiger partial charge in [0.2, 0.25) is 0 Å². The molecule has 22 heavy (non-hydrogen) atoms. The molecule has 2 atom stereocenters. The van der Waals surface area contributed by atoms with E-state index in [1.807, 2.05) is 54.9 Å². The Morgan fingerprint density at radius 2 is 1.91 bits per heavy atom. The van der Waals surface area contributed by atoms with Crippen LogP contribution in [0, 0.1) is 0 Å². The second-order valence-corrected chi connectivity index (χ2v) is 6.05. The predicted octanol–water partition coefficient (Wildman–Crippen LogP) is 0.960. The van der Waals surface area contributed by atoms with Crippen LogP contribution >= 0.6 is 11.3 Å². The molecule has 116 valence electrons. The van der Waals surface area contributed by atoms with Gasteiger partial charge in [0.15, 0.2) is 6.04 Å². The molecule has 0 aliphatic heterocycles. The minimum atomic E-state index is -0.491. The Hall–Kier alpha value is -2.18. The van der Waals surface area contributed by atoms with E-state index >= 15 is 0 Å². The van der Waals surface area contributed by atoms with E-state index in [0.29, 0.717) is 0 Å². The molecule has 1 aromatic carbocycles. The summed E-state index contributed by atoms with van der Waals surface area (Å²) in [5.41, 5.74) is 0.887. The number of benzene rings is 1. The largest absolute Gasteiger partial charge is 0.341 e. The minimum absolute atomic E-state index is 0.306. The number of quaternary nitrogens is 1. The Kier molecular flexibility index (Phi) is 5.68. The number of thiophene rings is 1. The minimum Gasteiger partial charge on any atom is -0.341 e. The summed E-state index contributed by atoms with van der Waals surface area (Å²) in [7, 11) is 3.45. The van der Waals surface area contributed by atoms with Gasteiger partial charge in [0, 0.05) is 12.6 Å². The number of likely N-dealkylation sites (N-methyl/N-ethyl adjacent to an activating group) is 1. The van der Waals surface area contributed by atoms with Crippen molar-refractivity contribution in [3.8, 4) is 0 Å². The third-order valence-electron chi connectivity index (χ3n) is 3.38. The first-order valence-electron chi connectivity index (χ1n) is 7.04. The SMILES string of the molecule is CNC(=O)NC(=O)[C@@H](c1ccccc1)[NH+](C)Cc1cccs1. The van der Waals surface area contributed by atoms with E-state index in [1.165, 1.54) is 11.9 Å². The summed E-state index contributed by atoms with van der Waals surface area (Å²) in [6.45, 7) is 0.721. The van der Waals surface area contributed by atoms with Crippen LogP contribution in [-0.2, 0) is 11.3 Å². The van der Waals surface area contributed by atoms with Gasteiger partial charge in [0.1, 0.15) is 6.54 Å². The summed E-state index contributed by atoms with van der Waals surface area (Å²) in [6.07, 6.45) is 0. The van der Waals surface area contributed by atoms with Crippen molar-refractivity contribution in [1.82, 2.24) is 10.6 Å². The standard InChI is InChI=1S/C16H19N3O2S/c1-17-16(21)18-15(20)14(12-7-4-3-5-8-12)19(2)11-13-9-6-10-22-13/h3-10,14H,11H2,1-2H3,(H2,17,18,20,21)/p+1/t14-/m1/s1. The fraction of sp³-hybridized carbons (Fsp3) is 0.250. The van der Waals surface area contributed by atoms with Crippen LogP contribution in [0.2, 0.25) is 0 Å². The third kappa shape index (κ3) is 4.16. The molecule has 1 heterocycles. The Morgan fingerprint density at radius 3 is 2.50 bits per heavy atom. The van der Waals surface area contributed by atoms with Gasteiger partial charge >= 0.3 is 6.03 Å². The highest BCUT2D eigenvalue weighted by molar-refractivity contribution is 7.09. The summed E-state index contributed by atoms with van der Waals surface area (Å²) in [5.74, 6) is -0.306. The van der Waals surface area contributed by atoms with Crippen molar-refractivity contribution < 1.29 is 14.5 Å². The van der Waals surface area contributed by atoms with Crippen LogP contribution < -0.4 is 15.5 Å². The van der Waals surface area contributed by atoms with E-state index in [1.54, 1.807) is 11.3 Å². The van der Waals surface area contributed by atoms with Crippen molar-refractivity contribution in [2.24, 2.45) is 0 Å². The maximum Gasteiger partial charge on any atom is 0.321 e. The number of amides is 3. The zero-order valence-corrected chi connectivity index (χ0v) is 13.4. The summed E-state index contributed by atoms with van der Waals surface area (Å²) >= 11 is 1.66. The van der Waals surface area contributed by atoms with Gasteiger partial charge in [-0.15, -0.1) is 11.3 Å². The van der Waals surface area contributed by atoms with Crippen molar-refractivity contribution in [3.05, 3.63) is 58.3 Å². The first-order valence-corrected chi connectivity index (χ1v) is 7.92. The molecule has 2 rings (SSSR count). The molecule has 0 aliphatic rings. The fourth-order valence-electron chi connectivity index (χ4n) is 2.34. The normalized spacial score (nSPS) is 13.2. The van der Waals surface area contributed by atoms with Crippen LogP contribution in [0.3, 0.4) is 0 Å². The number of rotatable bonds is 5. The highest BCUT2D eigenvalue weighted by atomic mass is 32.1. The molecular formula is C16H20N3O2S+. The van der Waals surface area contributed by atoms with Crippen molar-refractivity contribution in [2.75, 3.05) is 14.1 Å². The Labute approximate surface area is 134 Å². The molecule has 6 heteroatoms. The van der Waals surface area contributed by atoms with Crippen LogP contribution in [-0.4, -0.2) is 26.0 Å². The lowest BCUT2D eigenvalue weighted by Gasteiger charge is -2.23. The molecule has 3 amide bonds. The fourth-order valence-corrected chi connectivity index (χ4v) is 3.14. The Bertz CT molecular complexity index is 614. The lowest BCUT2D eigenvalue weighted by Crippen LogP contribution is -3.09. The van der Waals surface area contributed by atoms with Gasteiger partial charge in [-0.2, -0.15) is 0 Å². The van der Waals surface area contributed by atoms with Crippen molar-refractivity contribution in [2.45, 2.75) is 12.6 Å². The van der Waals surface area contributed by atoms with Crippen LogP contribution in [0.4, 0.5) is 4.79 Å². The number of carbonyl (C=O) groups is 2. The molecule has 0 aliphatic carbocycles. The number of hydrogen-bond acceptors (Lipinski definition) is 3. The quantitative estimate of drug-likeness (QED) is 0.769. The predicted molar refractivity (Wildman–Crippen MR) is 86.7 cm³/mol. The van der Waals surface area contributed by atoms with E-state index in [0.717, 1.165) is 17.0 Å². The molecule has 0 fully saturated rings. The van der Waals surface area contributed by atoms with Crippen molar-refractivity contribution >= 4 is 23.3 Å². The average molecular weight is 318 g/mol. The lowest BCUT2D eigenvalue weighted by molar-refractivity contribution is -0.915. The first-order chi connectivity index (χ1) is 10.6. The van der Waals surface area contributed by atoms with Gasteiger partial charge in [-0.3, -0.25) is 10.1 Å². The van der Waals surface area contributed by atoms with Gasteiger partial charge in [0.05, 0.1) is 11.9 Å². The Balaban J connectivity index is 2.21. The highest BCUT2D eigenvalue weighted by Crippen LogP contribution is 2.12. The molecule has 0 spiro atoms. The molecule has 3 N–H and O–H groups in total. The van der Waals surface area contributed by atoms with Crippen molar-refractivity contribution in [1.29, 1.82) is 0 Å². The van der Waals surface area contributed by atoms with Crippen LogP contribution in [0.1, 0.15) is 16.5 Å². The number of urea groups is 1. The van der Waals surface area contributed by atoms with Gasteiger partial charge in [-0.1, -0.05) is 36.4 Å². The molecule has 0 radical (unpaired) electrons. The summed E-state index contributed by atoms with van der Waals surface area (Å²) < 4.78 is 0. The number of nitrogens with one attached hydrogen (secondary N) is 3. The monoisotopic (exact) mass is 318 g/mol. The average Bonchev–Trinajstić information content (AvgIpc) is 3.01. The maximum atomic E-state index is 12.5. The smallest absolute Gasteiger partial charge is 0.321 e. The van der Waals surface area contributed by atoms with Crippen LogP contribution in [0.5, 0.6) is 0 Å². The van der Waals surface area contributed by atoms with Crippen molar-refractivity contribution in [3.63, 3.8) is 0 Å². The molecule has 0 saturated heterocycles. The molecule has 2 aromatic rings. The van der Waals surface area contributed by atoms with Gasteiger partial charge in [-0.05, 0) is 11.4 Å². The molecule has 0 bridgehead atoms. The van der Waals surface area contributed by atoms with Gasteiger partial charge in [0.25, 0.3) is 5.91 Å². The van der Waals surface area contributed by atoms with E-state index in [2.05, 4.69) is 10.6 Å². The van der Waals surface area contributed by atoms with E-state index in [9.17, 15) is 9.59 Å². The first kappa shape index (κ1) is 16.2. The second kappa shape index (κ2) is 7.72. The molecular weight excluding hydrogens is 298 g/mol. The maximum absolute atomic E-state index is 12.5. The highest BCUT2D eigenvalue weighted by Gasteiger charge is 2.30. The van der Waals surface area contributed by atoms with Crippen LogP contribution in [0.25, 0.3) is 0 Å². The number of imide groups is 1. The third-order valence-corrected chi connectivity index (χ3v) is 4.26. The van der Waals surface area contributed by atoms with E-state index in [-0.39, 0.29) is 5.91 Å². The topological polar surface area (TPSA) is 62.6 Å².